The van der Waals surface area contributed by atoms with Crippen LogP contribution < -0.4 is 5.32 Å². The van der Waals surface area contributed by atoms with Gasteiger partial charge in [-0.1, -0.05) is 13.8 Å². The van der Waals surface area contributed by atoms with E-state index in [0.29, 0.717) is 0 Å². The van der Waals surface area contributed by atoms with Crippen LogP contribution in [0, 0.1) is 11.3 Å². The third kappa shape index (κ3) is 4.63. The molecule has 0 aromatic rings. The van der Waals surface area contributed by atoms with Crippen LogP contribution in [0.2, 0.25) is 0 Å². The van der Waals surface area contributed by atoms with Crippen LogP contribution in [0.3, 0.4) is 0 Å². The number of rotatable bonds is 6. The van der Waals surface area contributed by atoms with Gasteiger partial charge in [0.25, 0.3) is 0 Å². The molecule has 0 aliphatic carbocycles. The van der Waals surface area contributed by atoms with Crippen molar-refractivity contribution in [3.8, 4) is 6.07 Å². The van der Waals surface area contributed by atoms with Crippen molar-refractivity contribution in [3.63, 3.8) is 0 Å². The van der Waals surface area contributed by atoms with E-state index in [9.17, 15) is 0 Å². The molecule has 0 aromatic heterocycles. The quantitative estimate of drug-likeness (QED) is 0.645. The topological polar surface area (TPSA) is 35.8 Å². The number of nitriles is 1. The van der Waals surface area contributed by atoms with Crippen molar-refractivity contribution in [1.82, 2.24) is 5.32 Å². The SMILES string of the molecule is CCNC(C)(C#N)CCSCC. The van der Waals surface area contributed by atoms with Crippen molar-refractivity contribution >= 4 is 11.8 Å². The average Bonchev–Trinajstić information content (AvgIpc) is 2.06. The van der Waals surface area contributed by atoms with E-state index in [1.165, 1.54) is 0 Å². The molecule has 0 amide bonds. The van der Waals surface area contributed by atoms with Crippen LogP contribution in [0.1, 0.15) is 27.2 Å². The van der Waals surface area contributed by atoms with Crippen molar-refractivity contribution in [2.45, 2.75) is 32.7 Å². The van der Waals surface area contributed by atoms with E-state index >= 15 is 0 Å². The lowest BCUT2D eigenvalue weighted by molar-refractivity contribution is 0.450. The van der Waals surface area contributed by atoms with E-state index in [1.807, 2.05) is 25.6 Å². The number of hydrogen-bond donors (Lipinski definition) is 1. The maximum Gasteiger partial charge on any atom is 0.104 e. The Hall–Kier alpha value is -0.200. The van der Waals surface area contributed by atoms with Crippen LogP contribution >= 0.6 is 11.8 Å². The molecule has 0 saturated carbocycles. The van der Waals surface area contributed by atoms with Crippen molar-refractivity contribution < 1.29 is 0 Å². The van der Waals surface area contributed by atoms with Crippen LogP contribution in [0.4, 0.5) is 0 Å². The van der Waals surface area contributed by atoms with Crippen molar-refractivity contribution in [1.29, 1.82) is 5.26 Å². The summed E-state index contributed by atoms with van der Waals surface area (Å²) in [6.45, 7) is 7.00. The molecule has 0 rings (SSSR count). The molecule has 12 heavy (non-hydrogen) atoms. The fourth-order valence-corrected chi connectivity index (χ4v) is 1.84. The summed E-state index contributed by atoms with van der Waals surface area (Å²) in [4.78, 5) is 0. The zero-order valence-corrected chi connectivity index (χ0v) is 9.00. The van der Waals surface area contributed by atoms with Gasteiger partial charge in [0.1, 0.15) is 5.54 Å². The fourth-order valence-electron chi connectivity index (χ4n) is 0.995. The van der Waals surface area contributed by atoms with Gasteiger partial charge in [0.05, 0.1) is 6.07 Å². The molecule has 0 bridgehead atoms. The summed E-state index contributed by atoms with van der Waals surface area (Å²) in [6, 6.07) is 2.31. The van der Waals surface area contributed by atoms with Crippen molar-refractivity contribution in [2.75, 3.05) is 18.1 Å². The Morgan fingerprint density at radius 1 is 1.50 bits per heavy atom. The van der Waals surface area contributed by atoms with Gasteiger partial charge in [-0.15, -0.1) is 0 Å². The molecule has 2 nitrogen and oxygen atoms in total. The molecule has 0 radical (unpaired) electrons. The van der Waals surface area contributed by atoms with Gasteiger partial charge in [-0.25, -0.2) is 0 Å². The lowest BCUT2D eigenvalue weighted by atomic mass is 10.0. The molecular weight excluding hydrogens is 168 g/mol. The average molecular weight is 186 g/mol. The third-order valence-electron chi connectivity index (χ3n) is 1.76. The summed E-state index contributed by atoms with van der Waals surface area (Å²) < 4.78 is 0. The van der Waals surface area contributed by atoms with Crippen molar-refractivity contribution in [3.05, 3.63) is 0 Å². The molecule has 0 spiro atoms. The Labute approximate surface area is 79.7 Å². The van der Waals surface area contributed by atoms with Crippen molar-refractivity contribution in [2.24, 2.45) is 0 Å². The van der Waals surface area contributed by atoms with Gasteiger partial charge in [0.15, 0.2) is 0 Å². The van der Waals surface area contributed by atoms with E-state index in [-0.39, 0.29) is 5.54 Å². The monoisotopic (exact) mass is 186 g/mol. The second-order valence-electron chi connectivity index (χ2n) is 2.92. The summed E-state index contributed by atoms with van der Waals surface area (Å²) >= 11 is 1.89. The molecule has 0 aliphatic heterocycles. The Balaban J connectivity index is 3.73. The zero-order valence-electron chi connectivity index (χ0n) is 8.18. The van der Waals surface area contributed by atoms with E-state index < -0.39 is 0 Å². The standard InChI is InChI=1S/C9H18N2S/c1-4-11-9(3,8-10)6-7-12-5-2/h11H,4-7H2,1-3H3. The van der Waals surface area contributed by atoms with Crippen LogP contribution in [0.15, 0.2) is 0 Å². The number of nitrogens with zero attached hydrogens (tertiary/aromatic N) is 1. The molecule has 0 saturated heterocycles. The first-order valence-electron chi connectivity index (χ1n) is 4.42. The summed E-state index contributed by atoms with van der Waals surface area (Å²) in [5.74, 6) is 2.20. The van der Waals surface area contributed by atoms with Gasteiger partial charge in [-0.05, 0) is 31.4 Å². The smallest absolute Gasteiger partial charge is 0.104 e. The lowest BCUT2D eigenvalue weighted by Crippen LogP contribution is -2.41. The summed E-state index contributed by atoms with van der Waals surface area (Å²) in [6.07, 6.45) is 0.926. The predicted molar refractivity (Wildman–Crippen MR) is 55.3 cm³/mol. The summed E-state index contributed by atoms with van der Waals surface area (Å²) in [5.41, 5.74) is -0.322. The van der Waals surface area contributed by atoms with Crippen LogP contribution in [-0.4, -0.2) is 23.6 Å². The highest BCUT2D eigenvalue weighted by Gasteiger charge is 2.20. The Bertz CT molecular complexity index is 153. The maximum absolute atomic E-state index is 8.89. The third-order valence-corrected chi connectivity index (χ3v) is 2.67. The van der Waals surface area contributed by atoms with E-state index in [0.717, 1.165) is 24.5 Å². The minimum absolute atomic E-state index is 0.322. The highest BCUT2D eigenvalue weighted by atomic mass is 32.2. The normalized spacial score (nSPS) is 15.2. The molecule has 3 heteroatoms. The second kappa shape index (κ2) is 6.33. The molecule has 1 atom stereocenters. The van der Waals surface area contributed by atoms with Gasteiger partial charge in [-0.2, -0.15) is 17.0 Å². The maximum atomic E-state index is 8.89. The highest BCUT2D eigenvalue weighted by Crippen LogP contribution is 2.12. The zero-order chi connectivity index (χ0) is 9.45. The Morgan fingerprint density at radius 2 is 2.17 bits per heavy atom. The van der Waals surface area contributed by atoms with E-state index in [2.05, 4.69) is 18.3 Å². The summed E-state index contributed by atoms with van der Waals surface area (Å²) in [7, 11) is 0. The first-order chi connectivity index (χ1) is 5.68. The number of hydrogen-bond acceptors (Lipinski definition) is 3. The first kappa shape index (κ1) is 11.8. The molecule has 1 N–H and O–H groups in total. The number of nitrogens with one attached hydrogen (secondary N) is 1. The predicted octanol–water partition coefficient (Wildman–Crippen LogP) is 2.02. The second-order valence-corrected chi connectivity index (χ2v) is 4.32. The molecule has 0 aliphatic rings. The molecule has 1 unspecified atom stereocenters. The molecular formula is C9H18N2S. The first-order valence-corrected chi connectivity index (χ1v) is 5.58. The Kier molecular flexibility index (Phi) is 6.23. The molecule has 0 aromatic carbocycles. The van der Waals surface area contributed by atoms with Crippen LogP contribution in [0.5, 0.6) is 0 Å². The fraction of sp³-hybridized carbons (Fsp3) is 0.889. The van der Waals surface area contributed by atoms with E-state index in [4.69, 9.17) is 5.26 Å². The molecule has 0 fully saturated rings. The van der Waals surface area contributed by atoms with Gasteiger partial charge < -0.3 is 0 Å². The van der Waals surface area contributed by atoms with Crippen LogP contribution in [-0.2, 0) is 0 Å². The van der Waals surface area contributed by atoms with E-state index in [1.54, 1.807) is 0 Å². The van der Waals surface area contributed by atoms with Gasteiger partial charge in [0, 0.05) is 0 Å². The lowest BCUT2D eigenvalue weighted by Gasteiger charge is -2.21. The van der Waals surface area contributed by atoms with Gasteiger partial charge in [-0.3, -0.25) is 5.32 Å². The number of thioether (sulfide) groups is 1. The minimum Gasteiger partial charge on any atom is -0.300 e. The molecule has 0 heterocycles. The largest absolute Gasteiger partial charge is 0.300 e. The van der Waals surface area contributed by atoms with Gasteiger partial charge in [0.2, 0.25) is 0 Å². The molecule has 70 valence electrons. The highest BCUT2D eigenvalue weighted by molar-refractivity contribution is 7.99. The Morgan fingerprint density at radius 3 is 2.58 bits per heavy atom. The summed E-state index contributed by atoms with van der Waals surface area (Å²) in [5, 5.41) is 12.1. The van der Waals surface area contributed by atoms with Gasteiger partial charge >= 0.3 is 0 Å². The minimum atomic E-state index is -0.322. The van der Waals surface area contributed by atoms with Crippen LogP contribution in [0.25, 0.3) is 0 Å².